The summed E-state index contributed by atoms with van der Waals surface area (Å²) >= 11 is 3.49. The van der Waals surface area contributed by atoms with Crippen LogP contribution in [0.25, 0.3) is 0 Å². The van der Waals surface area contributed by atoms with Crippen molar-refractivity contribution in [2.45, 2.75) is 45.2 Å². The molecular formula is C12H18BrN3O. The van der Waals surface area contributed by atoms with Gasteiger partial charge in [-0.2, -0.15) is 5.10 Å². The standard InChI is InChI=1S/C12H18BrN3O/c1-3-16-10(7-9(2)15-16)11(17)14-12(8-13)5-4-6-12/h7H,3-6,8H2,1-2H3,(H,14,17). The number of hydrogen-bond acceptors (Lipinski definition) is 2. The highest BCUT2D eigenvalue weighted by atomic mass is 79.9. The van der Waals surface area contributed by atoms with Gasteiger partial charge in [-0.1, -0.05) is 15.9 Å². The molecule has 17 heavy (non-hydrogen) atoms. The smallest absolute Gasteiger partial charge is 0.270 e. The molecule has 1 saturated carbocycles. The van der Waals surface area contributed by atoms with Crippen LogP contribution in [0.3, 0.4) is 0 Å². The molecule has 1 heterocycles. The number of nitrogens with zero attached hydrogens (tertiary/aromatic N) is 2. The summed E-state index contributed by atoms with van der Waals surface area (Å²) in [4.78, 5) is 12.2. The summed E-state index contributed by atoms with van der Waals surface area (Å²) in [7, 11) is 0. The molecule has 0 atom stereocenters. The van der Waals surface area contributed by atoms with Gasteiger partial charge in [0, 0.05) is 11.9 Å². The average Bonchev–Trinajstić information content (AvgIpc) is 2.65. The summed E-state index contributed by atoms with van der Waals surface area (Å²) in [6, 6.07) is 1.85. The van der Waals surface area contributed by atoms with E-state index in [0.29, 0.717) is 5.69 Å². The maximum Gasteiger partial charge on any atom is 0.270 e. The van der Waals surface area contributed by atoms with Crippen molar-refractivity contribution in [2.75, 3.05) is 5.33 Å². The first-order valence-electron chi connectivity index (χ1n) is 6.03. The van der Waals surface area contributed by atoms with Gasteiger partial charge in [-0.25, -0.2) is 0 Å². The normalized spacial score (nSPS) is 17.6. The largest absolute Gasteiger partial charge is 0.344 e. The summed E-state index contributed by atoms with van der Waals surface area (Å²) in [6.45, 7) is 4.62. The maximum absolute atomic E-state index is 12.2. The molecule has 1 aromatic rings. The summed E-state index contributed by atoms with van der Waals surface area (Å²) in [5.74, 6) is -0.00778. The minimum atomic E-state index is -0.0339. The van der Waals surface area contributed by atoms with Gasteiger partial charge >= 0.3 is 0 Å². The number of halogens is 1. The molecule has 1 N–H and O–H groups in total. The van der Waals surface area contributed by atoms with Crippen LogP contribution in [0.4, 0.5) is 0 Å². The third-order valence-corrected chi connectivity index (χ3v) is 4.45. The zero-order valence-corrected chi connectivity index (χ0v) is 11.9. The number of amides is 1. The Kier molecular flexibility index (Phi) is 3.56. The third-order valence-electron chi connectivity index (χ3n) is 3.38. The summed E-state index contributed by atoms with van der Waals surface area (Å²) < 4.78 is 1.76. The van der Waals surface area contributed by atoms with Gasteiger partial charge in [0.05, 0.1) is 11.2 Å². The SMILES string of the molecule is CCn1nc(C)cc1C(=O)NC1(CBr)CCC1. The Balaban J connectivity index is 2.14. The maximum atomic E-state index is 12.2. The number of carbonyl (C=O) groups excluding carboxylic acids is 1. The summed E-state index contributed by atoms with van der Waals surface area (Å²) in [5, 5.41) is 8.26. The summed E-state index contributed by atoms with van der Waals surface area (Å²) in [5.41, 5.74) is 1.52. The predicted molar refractivity (Wildman–Crippen MR) is 70.5 cm³/mol. The molecule has 1 aromatic heterocycles. The molecule has 0 radical (unpaired) electrons. The van der Waals surface area contributed by atoms with Crippen molar-refractivity contribution < 1.29 is 4.79 Å². The number of carbonyl (C=O) groups is 1. The van der Waals surface area contributed by atoms with Crippen LogP contribution in [-0.2, 0) is 6.54 Å². The zero-order chi connectivity index (χ0) is 12.5. The number of alkyl halides is 1. The van der Waals surface area contributed by atoms with Gasteiger partial charge in [0.25, 0.3) is 5.91 Å². The van der Waals surface area contributed by atoms with Gasteiger partial charge in [-0.15, -0.1) is 0 Å². The highest BCUT2D eigenvalue weighted by Crippen LogP contribution is 2.33. The number of rotatable bonds is 4. The van der Waals surface area contributed by atoms with Crippen LogP contribution in [0.1, 0.15) is 42.4 Å². The van der Waals surface area contributed by atoms with Gasteiger partial charge in [0.15, 0.2) is 0 Å². The van der Waals surface area contributed by atoms with Crippen LogP contribution in [0.15, 0.2) is 6.07 Å². The van der Waals surface area contributed by atoms with Gasteiger partial charge < -0.3 is 5.32 Å². The molecule has 0 aromatic carbocycles. The number of aryl methyl sites for hydroxylation is 2. The van der Waals surface area contributed by atoms with E-state index in [4.69, 9.17) is 0 Å². The second-order valence-corrected chi connectivity index (χ2v) is 5.27. The van der Waals surface area contributed by atoms with E-state index in [2.05, 4.69) is 26.3 Å². The molecule has 1 amide bonds. The molecule has 5 heteroatoms. The van der Waals surface area contributed by atoms with E-state index < -0.39 is 0 Å². The van der Waals surface area contributed by atoms with Crippen molar-refractivity contribution in [2.24, 2.45) is 0 Å². The van der Waals surface area contributed by atoms with Crippen LogP contribution in [0.2, 0.25) is 0 Å². The van der Waals surface area contributed by atoms with Crippen LogP contribution in [-0.4, -0.2) is 26.6 Å². The van der Waals surface area contributed by atoms with Crippen molar-refractivity contribution in [3.8, 4) is 0 Å². The molecule has 0 unspecified atom stereocenters. The van der Waals surface area contributed by atoms with Gasteiger partial charge in [-0.05, 0) is 39.2 Å². The lowest BCUT2D eigenvalue weighted by molar-refractivity contribution is 0.0845. The van der Waals surface area contributed by atoms with E-state index >= 15 is 0 Å². The first-order valence-corrected chi connectivity index (χ1v) is 7.15. The van der Waals surface area contributed by atoms with E-state index in [-0.39, 0.29) is 11.4 Å². The van der Waals surface area contributed by atoms with E-state index in [0.717, 1.165) is 30.4 Å². The number of hydrogen-bond donors (Lipinski definition) is 1. The van der Waals surface area contributed by atoms with Crippen molar-refractivity contribution in [1.82, 2.24) is 15.1 Å². The lowest BCUT2D eigenvalue weighted by atomic mass is 9.78. The molecular weight excluding hydrogens is 282 g/mol. The third kappa shape index (κ3) is 2.39. The highest BCUT2D eigenvalue weighted by molar-refractivity contribution is 9.09. The zero-order valence-electron chi connectivity index (χ0n) is 10.3. The Bertz CT molecular complexity index is 418. The Morgan fingerprint density at radius 2 is 2.35 bits per heavy atom. The van der Waals surface area contributed by atoms with Gasteiger partial charge in [-0.3, -0.25) is 9.48 Å². The lowest BCUT2D eigenvalue weighted by Crippen LogP contribution is -2.55. The van der Waals surface area contributed by atoms with Crippen LogP contribution < -0.4 is 5.32 Å². The fraction of sp³-hybridized carbons (Fsp3) is 0.667. The fourth-order valence-electron chi connectivity index (χ4n) is 2.17. The predicted octanol–water partition coefficient (Wildman–Crippen LogP) is 2.26. The Morgan fingerprint density at radius 1 is 1.65 bits per heavy atom. The lowest BCUT2D eigenvalue weighted by Gasteiger charge is -2.41. The minimum Gasteiger partial charge on any atom is -0.344 e. The van der Waals surface area contributed by atoms with Crippen molar-refractivity contribution in [3.05, 3.63) is 17.5 Å². The molecule has 0 aliphatic heterocycles. The van der Waals surface area contributed by atoms with Gasteiger partial charge in [0.1, 0.15) is 5.69 Å². The van der Waals surface area contributed by atoms with Crippen LogP contribution >= 0.6 is 15.9 Å². The van der Waals surface area contributed by atoms with Crippen molar-refractivity contribution in [1.29, 1.82) is 0 Å². The second kappa shape index (κ2) is 4.80. The Labute approximate surface area is 110 Å². The Morgan fingerprint density at radius 3 is 2.82 bits per heavy atom. The van der Waals surface area contributed by atoms with Crippen LogP contribution in [0.5, 0.6) is 0 Å². The molecule has 0 saturated heterocycles. The molecule has 0 spiro atoms. The fourth-order valence-corrected chi connectivity index (χ4v) is 2.87. The molecule has 4 nitrogen and oxygen atoms in total. The first-order chi connectivity index (χ1) is 8.10. The molecule has 1 aliphatic carbocycles. The molecule has 0 bridgehead atoms. The highest BCUT2D eigenvalue weighted by Gasteiger charge is 2.37. The molecule has 94 valence electrons. The number of nitrogens with one attached hydrogen (secondary N) is 1. The second-order valence-electron chi connectivity index (χ2n) is 4.71. The van der Waals surface area contributed by atoms with E-state index in [1.54, 1.807) is 4.68 Å². The van der Waals surface area contributed by atoms with E-state index in [1.165, 1.54) is 6.42 Å². The monoisotopic (exact) mass is 299 g/mol. The molecule has 1 fully saturated rings. The van der Waals surface area contributed by atoms with Crippen molar-refractivity contribution in [3.63, 3.8) is 0 Å². The Hall–Kier alpha value is -0.840. The van der Waals surface area contributed by atoms with Crippen molar-refractivity contribution >= 4 is 21.8 Å². The summed E-state index contributed by atoms with van der Waals surface area (Å²) in [6.07, 6.45) is 3.31. The molecule has 2 rings (SSSR count). The van der Waals surface area contributed by atoms with Crippen LogP contribution in [0, 0.1) is 6.92 Å². The first kappa shape index (κ1) is 12.6. The minimum absolute atomic E-state index is 0.00778. The quantitative estimate of drug-likeness (QED) is 0.867. The van der Waals surface area contributed by atoms with Gasteiger partial charge in [0.2, 0.25) is 0 Å². The molecule has 1 aliphatic rings. The average molecular weight is 300 g/mol. The number of aromatic nitrogens is 2. The van der Waals surface area contributed by atoms with E-state index in [9.17, 15) is 4.79 Å². The van der Waals surface area contributed by atoms with E-state index in [1.807, 2.05) is 19.9 Å². The topological polar surface area (TPSA) is 46.9 Å².